The average Bonchev–Trinajstić information content (AvgIpc) is 2.87. The quantitative estimate of drug-likeness (QED) is 0.921. The Labute approximate surface area is 129 Å². The molecule has 1 N–H and O–H groups in total. The lowest BCUT2D eigenvalue weighted by Gasteiger charge is -2.19. The van der Waals surface area contributed by atoms with E-state index >= 15 is 0 Å². The van der Waals surface area contributed by atoms with Gasteiger partial charge in [-0.1, -0.05) is 32.9 Å². The molecular weight excluding hydrogens is 281 g/mol. The number of nitrogens with zero attached hydrogens (tertiary/aromatic N) is 2. The second-order valence-corrected chi connectivity index (χ2v) is 6.72. The normalized spacial score (nSPS) is 19.0. The molecule has 3 rings (SSSR count). The zero-order valence-corrected chi connectivity index (χ0v) is 13.3. The molecule has 1 aliphatic rings. The molecule has 4 nitrogen and oxygen atoms in total. The van der Waals surface area contributed by atoms with Crippen molar-refractivity contribution in [1.29, 1.82) is 0 Å². The molecule has 116 valence electrons. The second kappa shape index (κ2) is 4.93. The summed E-state index contributed by atoms with van der Waals surface area (Å²) >= 11 is 0. The molecule has 1 amide bonds. The monoisotopic (exact) mass is 301 g/mol. The highest BCUT2D eigenvalue weighted by Gasteiger charge is 2.36. The number of aryl methyl sites for hydroxylation is 1. The first-order valence-electron chi connectivity index (χ1n) is 7.43. The van der Waals surface area contributed by atoms with Crippen molar-refractivity contribution in [2.24, 2.45) is 7.05 Å². The number of fused-ring (bicyclic) bond motifs is 1. The van der Waals surface area contributed by atoms with E-state index < -0.39 is 11.9 Å². The predicted octanol–water partition coefficient (Wildman–Crippen LogP) is 3.60. The summed E-state index contributed by atoms with van der Waals surface area (Å²) < 4.78 is 14.9. The zero-order valence-electron chi connectivity index (χ0n) is 13.3. The van der Waals surface area contributed by atoms with E-state index in [4.69, 9.17) is 0 Å². The number of nitrogens with one attached hydrogen (secondary N) is 1. The minimum Gasteiger partial charge on any atom is -0.322 e. The van der Waals surface area contributed by atoms with Crippen LogP contribution in [0, 0.1) is 5.95 Å². The smallest absolute Gasteiger partial charge is 0.261 e. The third kappa shape index (κ3) is 2.30. The SMILES string of the molecule is C[C@H]1CC(C)(C)c2cccc(NC(=O)c3cn(C)nc3F)c21. The number of anilines is 1. The van der Waals surface area contributed by atoms with Crippen LogP contribution in [-0.2, 0) is 12.5 Å². The number of hydrogen-bond donors (Lipinski definition) is 1. The number of carbonyl (C=O) groups is 1. The van der Waals surface area contributed by atoms with Gasteiger partial charge in [-0.15, -0.1) is 5.10 Å². The van der Waals surface area contributed by atoms with Crippen molar-refractivity contribution in [1.82, 2.24) is 9.78 Å². The number of carbonyl (C=O) groups excluding carboxylic acids is 1. The molecule has 0 spiro atoms. The first kappa shape index (κ1) is 14.8. The van der Waals surface area contributed by atoms with Gasteiger partial charge >= 0.3 is 0 Å². The predicted molar refractivity (Wildman–Crippen MR) is 83.6 cm³/mol. The highest BCUT2D eigenvalue weighted by molar-refractivity contribution is 6.04. The van der Waals surface area contributed by atoms with Crippen LogP contribution in [0.2, 0.25) is 0 Å². The molecule has 0 radical (unpaired) electrons. The summed E-state index contributed by atoms with van der Waals surface area (Å²) in [5, 5.41) is 6.42. The number of amides is 1. The minimum absolute atomic E-state index is 0.0370. The first-order chi connectivity index (χ1) is 10.3. The van der Waals surface area contributed by atoms with Crippen molar-refractivity contribution in [2.75, 3.05) is 5.32 Å². The van der Waals surface area contributed by atoms with Crippen molar-refractivity contribution in [3.05, 3.63) is 47.0 Å². The van der Waals surface area contributed by atoms with Crippen LogP contribution < -0.4 is 5.32 Å². The summed E-state index contributed by atoms with van der Waals surface area (Å²) in [7, 11) is 1.59. The van der Waals surface area contributed by atoms with Crippen molar-refractivity contribution >= 4 is 11.6 Å². The largest absolute Gasteiger partial charge is 0.322 e. The topological polar surface area (TPSA) is 46.9 Å². The van der Waals surface area contributed by atoms with Crippen LogP contribution in [0.3, 0.4) is 0 Å². The Balaban J connectivity index is 1.96. The van der Waals surface area contributed by atoms with Crippen molar-refractivity contribution in [2.45, 2.75) is 38.5 Å². The van der Waals surface area contributed by atoms with Gasteiger partial charge in [0.2, 0.25) is 5.95 Å². The maximum absolute atomic E-state index is 13.6. The molecule has 2 aromatic rings. The van der Waals surface area contributed by atoms with Crippen LogP contribution >= 0.6 is 0 Å². The number of halogens is 1. The van der Waals surface area contributed by atoms with E-state index in [1.54, 1.807) is 7.05 Å². The summed E-state index contributed by atoms with van der Waals surface area (Å²) in [4.78, 5) is 12.3. The van der Waals surface area contributed by atoms with Crippen molar-refractivity contribution in [3.8, 4) is 0 Å². The average molecular weight is 301 g/mol. The van der Waals surface area contributed by atoms with Crippen LogP contribution in [0.15, 0.2) is 24.4 Å². The number of benzene rings is 1. The van der Waals surface area contributed by atoms with Crippen molar-refractivity contribution < 1.29 is 9.18 Å². The maximum Gasteiger partial charge on any atom is 0.261 e. The summed E-state index contributed by atoms with van der Waals surface area (Å²) in [5.41, 5.74) is 3.23. The third-order valence-corrected chi connectivity index (χ3v) is 4.42. The Morgan fingerprint density at radius 1 is 1.45 bits per heavy atom. The van der Waals surface area contributed by atoms with Gasteiger partial charge < -0.3 is 5.32 Å². The highest BCUT2D eigenvalue weighted by Crippen LogP contribution is 2.48. The summed E-state index contributed by atoms with van der Waals surface area (Å²) in [5.74, 6) is -0.850. The minimum atomic E-state index is -0.749. The van der Waals surface area contributed by atoms with E-state index in [0.717, 1.165) is 17.7 Å². The molecule has 1 heterocycles. The van der Waals surface area contributed by atoms with Gasteiger partial charge in [0.05, 0.1) is 0 Å². The Morgan fingerprint density at radius 3 is 2.82 bits per heavy atom. The Morgan fingerprint density at radius 2 is 2.18 bits per heavy atom. The van der Waals surface area contributed by atoms with E-state index in [-0.39, 0.29) is 11.0 Å². The van der Waals surface area contributed by atoms with Crippen LogP contribution in [0.5, 0.6) is 0 Å². The van der Waals surface area contributed by atoms with Gasteiger partial charge in [-0.05, 0) is 34.9 Å². The van der Waals surface area contributed by atoms with Crippen LogP contribution in [0.4, 0.5) is 10.1 Å². The molecule has 1 atom stereocenters. The van der Waals surface area contributed by atoms with E-state index in [0.29, 0.717) is 5.92 Å². The Hall–Kier alpha value is -2.17. The summed E-state index contributed by atoms with van der Waals surface area (Å²) in [6.45, 7) is 6.58. The molecule has 1 aromatic heterocycles. The number of hydrogen-bond acceptors (Lipinski definition) is 2. The maximum atomic E-state index is 13.6. The zero-order chi connectivity index (χ0) is 16.1. The molecule has 0 saturated heterocycles. The molecule has 1 aromatic carbocycles. The van der Waals surface area contributed by atoms with Crippen LogP contribution in [0.1, 0.15) is 54.6 Å². The Bertz CT molecular complexity index is 748. The standard InChI is InChI=1S/C17H20FN3O/c1-10-8-17(2,3)12-6-5-7-13(14(10)12)19-16(22)11-9-21(4)20-15(11)18/h5-7,9-10H,8H2,1-4H3,(H,19,22)/t10-/m0/s1. The molecule has 1 aliphatic carbocycles. The lowest BCUT2D eigenvalue weighted by molar-refractivity contribution is 0.102. The molecule has 0 bridgehead atoms. The van der Waals surface area contributed by atoms with E-state index in [9.17, 15) is 9.18 Å². The van der Waals surface area contributed by atoms with Gasteiger partial charge in [0.25, 0.3) is 5.91 Å². The van der Waals surface area contributed by atoms with Gasteiger partial charge in [0, 0.05) is 18.9 Å². The lowest BCUT2D eigenvalue weighted by atomic mass is 9.86. The van der Waals surface area contributed by atoms with Gasteiger partial charge in [0.15, 0.2) is 0 Å². The van der Waals surface area contributed by atoms with Crippen LogP contribution in [0.25, 0.3) is 0 Å². The lowest BCUT2D eigenvalue weighted by Crippen LogP contribution is -2.15. The van der Waals surface area contributed by atoms with Gasteiger partial charge in [-0.25, -0.2) is 0 Å². The second-order valence-electron chi connectivity index (χ2n) is 6.72. The summed E-state index contributed by atoms with van der Waals surface area (Å²) in [6.07, 6.45) is 2.43. The molecule has 5 heteroatoms. The summed E-state index contributed by atoms with van der Waals surface area (Å²) in [6, 6.07) is 5.93. The van der Waals surface area contributed by atoms with Crippen LogP contribution in [-0.4, -0.2) is 15.7 Å². The van der Waals surface area contributed by atoms with Crippen molar-refractivity contribution in [3.63, 3.8) is 0 Å². The third-order valence-electron chi connectivity index (χ3n) is 4.42. The fourth-order valence-electron chi connectivity index (χ4n) is 3.58. The first-order valence-corrected chi connectivity index (χ1v) is 7.43. The molecule has 0 saturated carbocycles. The molecule has 0 fully saturated rings. The highest BCUT2D eigenvalue weighted by atomic mass is 19.1. The number of aromatic nitrogens is 2. The van der Waals surface area contributed by atoms with Gasteiger partial charge in [-0.3, -0.25) is 9.48 Å². The fraction of sp³-hybridized carbons (Fsp3) is 0.412. The van der Waals surface area contributed by atoms with Gasteiger partial charge in [0.1, 0.15) is 5.56 Å². The number of rotatable bonds is 2. The molecular formula is C17H20FN3O. The van der Waals surface area contributed by atoms with E-state index in [2.05, 4.69) is 37.3 Å². The molecule has 0 unspecified atom stereocenters. The van der Waals surface area contributed by atoms with Gasteiger partial charge in [-0.2, -0.15) is 4.39 Å². The van der Waals surface area contributed by atoms with E-state index in [1.165, 1.54) is 16.4 Å². The Kier molecular flexibility index (Phi) is 3.31. The fourth-order valence-corrected chi connectivity index (χ4v) is 3.58. The van der Waals surface area contributed by atoms with E-state index in [1.807, 2.05) is 12.1 Å². The molecule has 22 heavy (non-hydrogen) atoms. The molecule has 0 aliphatic heterocycles.